The van der Waals surface area contributed by atoms with E-state index in [2.05, 4.69) is 9.97 Å². The van der Waals surface area contributed by atoms with E-state index >= 15 is 0 Å². The van der Waals surface area contributed by atoms with Crippen molar-refractivity contribution in [2.75, 3.05) is 12.3 Å². The summed E-state index contributed by atoms with van der Waals surface area (Å²) >= 11 is 5.68. The fraction of sp³-hybridized carbons (Fsp3) is 0.556. The largest absolute Gasteiger partial charge is 0.476 e. The fourth-order valence-electron chi connectivity index (χ4n) is 0.878. The molecular weight excluding hydrogens is 202 g/mol. The van der Waals surface area contributed by atoms with Crippen molar-refractivity contribution < 1.29 is 4.74 Å². The standard InChI is InChI=1S/C9H14ClN3O/c1-5(2)4-14-8-7(11)6(3)12-9(10)13-8/h5H,4,11H2,1-3H3. The minimum atomic E-state index is 0.162. The van der Waals surface area contributed by atoms with Gasteiger partial charge in [0.1, 0.15) is 5.69 Å². The highest BCUT2D eigenvalue weighted by molar-refractivity contribution is 6.28. The van der Waals surface area contributed by atoms with Crippen molar-refractivity contribution in [3.63, 3.8) is 0 Å². The van der Waals surface area contributed by atoms with Gasteiger partial charge >= 0.3 is 0 Å². The van der Waals surface area contributed by atoms with Gasteiger partial charge in [0.05, 0.1) is 12.3 Å². The van der Waals surface area contributed by atoms with Gasteiger partial charge in [-0.3, -0.25) is 0 Å². The van der Waals surface area contributed by atoms with Crippen molar-refractivity contribution >= 4 is 17.3 Å². The number of nitrogen functional groups attached to an aromatic ring is 1. The molecule has 0 amide bonds. The Morgan fingerprint density at radius 3 is 2.64 bits per heavy atom. The molecule has 0 saturated carbocycles. The highest BCUT2D eigenvalue weighted by Gasteiger charge is 2.09. The first-order chi connectivity index (χ1) is 6.50. The van der Waals surface area contributed by atoms with Crippen LogP contribution in [0.4, 0.5) is 5.69 Å². The highest BCUT2D eigenvalue weighted by atomic mass is 35.5. The van der Waals surface area contributed by atoms with Gasteiger partial charge in [-0.05, 0) is 24.4 Å². The molecule has 0 aliphatic rings. The summed E-state index contributed by atoms with van der Waals surface area (Å²) in [6, 6.07) is 0. The van der Waals surface area contributed by atoms with Crippen LogP contribution in [0.2, 0.25) is 5.28 Å². The SMILES string of the molecule is Cc1nc(Cl)nc(OCC(C)C)c1N. The van der Waals surface area contributed by atoms with E-state index in [0.717, 1.165) is 0 Å². The summed E-state index contributed by atoms with van der Waals surface area (Å²) in [5, 5.41) is 0.162. The van der Waals surface area contributed by atoms with E-state index < -0.39 is 0 Å². The average Bonchev–Trinajstić information content (AvgIpc) is 2.08. The van der Waals surface area contributed by atoms with Gasteiger partial charge in [-0.1, -0.05) is 13.8 Å². The summed E-state index contributed by atoms with van der Waals surface area (Å²) in [5.74, 6) is 0.791. The minimum absolute atomic E-state index is 0.162. The van der Waals surface area contributed by atoms with Crippen LogP contribution in [0.1, 0.15) is 19.5 Å². The molecule has 0 saturated heterocycles. The zero-order valence-corrected chi connectivity index (χ0v) is 9.30. The number of aryl methyl sites for hydroxylation is 1. The molecule has 0 atom stereocenters. The monoisotopic (exact) mass is 215 g/mol. The number of nitrogens with zero attached hydrogens (tertiary/aromatic N) is 2. The maximum absolute atomic E-state index is 5.73. The zero-order valence-electron chi connectivity index (χ0n) is 8.54. The molecule has 1 rings (SSSR count). The molecule has 0 aliphatic carbocycles. The van der Waals surface area contributed by atoms with E-state index in [1.54, 1.807) is 6.92 Å². The van der Waals surface area contributed by atoms with Gasteiger partial charge in [0, 0.05) is 0 Å². The van der Waals surface area contributed by atoms with Gasteiger partial charge in [-0.25, -0.2) is 4.98 Å². The molecule has 1 aromatic rings. The summed E-state index contributed by atoms with van der Waals surface area (Å²) in [6.07, 6.45) is 0. The maximum atomic E-state index is 5.73. The number of anilines is 1. The summed E-state index contributed by atoms with van der Waals surface area (Å²) in [6.45, 7) is 6.43. The second-order valence-electron chi connectivity index (χ2n) is 3.50. The Labute approximate surface area is 88.5 Å². The van der Waals surface area contributed by atoms with E-state index in [1.807, 2.05) is 13.8 Å². The summed E-state index contributed by atoms with van der Waals surface area (Å²) in [5.41, 5.74) is 6.83. The van der Waals surface area contributed by atoms with E-state index in [1.165, 1.54) is 0 Å². The van der Waals surface area contributed by atoms with Crippen LogP contribution in [-0.4, -0.2) is 16.6 Å². The lowest BCUT2D eigenvalue weighted by Crippen LogP contribution is -2.09. The van der Waals surface area contributed by atoms with E-state index in [-0.39, 0.29) is 5.28 Å². The molecule has 0 bridgehead atoms. The second-order valence-corrected chi connectivity index (χ2v) is 3.84. The molecular formula is C9H14ClN3O. The van der Waals surface area contributed by atoms with Crippen molar-refractivity contribution in [2.24, 2.45) is 5.92 Å². The lowest BCUT2D eigenvalue weighted by Gasteiger charge is -2.10. The van der Waals surface area contributed by atoms with Crippen LogP contribution in [0.5, 0.6) is 5.88 Å². The van der Waals surface area contributed by atoms with E-state index in [4.69, 9.17) is 22.1 Å². The van der Waals surface area contributed by atoms with Gasteiger partial charge < -0.3 is 10.5 Å². The lowest BCUT2D eigenvalue weighted by atomic mass is 10.2. The van der Waals surface area contributed by atoms with Crippen LogP contribution < -0.4 is 10.5 Å². The quantitative estimate of drug-likeness (QED) is 0.784. The van der Waals surface area contributed by atoms with Gasteiger partial charge in [-0.2, -0.15) is 4.98 Å². The molecule has 0 fully saturated rings. The Morgan fingerprint density at radius 2 is 2.07 bits per heavy atom. The normalized spacial score (nSPS) is 10.6. The van der Waals surface area contributed by atoms with Crippen molar-refractivity contribution in [3.8, 4) is 5.88 Å². The fourth-order valence-corrected chi connectivity index (χ4v) is 1.08. The van der Waals surface area contributed by atoms with Crippen LogP contribution in [0, 0.1) is 12.8 Å². The average molecular weight is 216 g/mol. The van der Waals surface area contributed by atoms with E-state index in [0.29, 0.717) is 29.8 Å². The lowest BCUT2D eigenvalue weighted by molar-refractivity contribution is 0.262. The molecule has 2 N–H and O–H groups in total. The molecule has 0 unspecified atom stereocenters. The molecule has 0 radical (unpaired) electrons. The molecule has 78 valence electrons. The maximum Gasteiger partial charge on any atom is 0.241 e. The Bertz CT molecular complexity index is 328. The van der Waals surface area contributed by atoms with E-state index in [9.17, 15) is 0 Å². The number of rotatable bonds is 3. The zero-order chi connectivity index (χ0) is 10.7. The van der Waals surface area contributed by atoms with Crippen molar-refractivity contribution in [1.82, 2.24) is 9.97 Å². The first-order valence-corrected chi connectivity index (χ1v) is 4.81. The van der Waals surface area contributed by atoms with Crippen LogP contribution in [-0.2, 0) is 0 Å². The molecule has 4 nitrogen and oxygen atoms in total. The third-order valence-corrected chi connectivity index (χ3v) is 1.80. The molecule has 5 heteroatoms. The molecule has 0 aliphatic heterocycles. The van der Waals surface area contributed by atoms with Crippen LogP contribution in [0.3, 0.4) is 0 Å². The molecule has 0 spiro atoms. The molecule has 14 heavy (non-hydrogen) atoms. The van der Waals surface area contributed by atoms with Crippen molar-refractivity contribution in [3.05, 3.63) is 11.0 Å². The first-order valence-electron chi connectivity index (χ1n) is 4.43. The Kier molecular flexibility index (Phi) is 3.52. The Balaban J connectivity index is 2.85. The third kappa shape index (κ3) is 2.73. The Hall–Kier alpha value is -1.03. The summed E-state index contributed by atoms with van der Waals surface area (Å²) in [7, 11) is 0. The molecule has 1 heterocycles. The van der Waals surface area contributed by atoms with Gasteiger partial charge in [0.2, 0.25) is 11.2 Å². The van der Waals surface area contributed by atoms with Crippen LogP contribution in [0.15, 0.2) is 0 Å². The number of ether oxygens (including phenoxy) is 1. The predicted octanol–water partition coefficient (Wildman–Crippen LogP) is 2.06. The number of aromatic nitrogens is 2. The molecule has 1 aromatic heterocycles. The number of halogens is 1. The van der Waals surface area contributed by atoms with Gasteiger partial charge in [-0.15, -0.1) is 0 Å². The highest BCUT2D eigenvalue weighted by Crippen LogP contribution is 2.23. The van der Waals surface area contributed by atoms with Crippen molar-refractivity contribution in [1.29, 1.82) is 0 Å². The number of hydrogen-bond acceptors (Lipinski definition) is 4. The topological polar surface area (TPSA) is 61.0 Å². The predicted molar refractivity (Wildman–Crippen MR) is 56.5 cm³/mol. The third-order valence-electron chi connectivity index (χ3n) is 1.63. The summed E-state index contributed by atoms with van der Waals surface area (Å²) in [4.78, 5) is 7.82. The van der Waals surface area contributed by atoms with Crippen LogP contribution in [0.25, 0.3) is 0 Å². The second kappa shape index (κ2) is 4.46. The summed E-state index contributed by atoms with van der Waals surface area (Å²) < 4.78 is 5.40. The van der Waals surface area contributed by atoms with Crippen molar-refractivity contribution in [2.45, 2.75) is 20.8 Å². The number of hydrogen-bond donors (Lipinski definition) is 1. The Morgan fingerprint density at radius 1 is 1.43 bits per heavy atom. The molecule has 0 aromatic carbocycles. The van der Waals surface area contributed by atoms with Crippen LogP contribution >= 0.6 is 11.6 Å². The first kappa shape index (κ1) is 11.0. The smallest absolute Gasteiger partial charge is 0.241 e. The minimum Gasteiger partial charge on any atom is -0.476 e. The van der Waals surface area contributed by atoms with Gasteiger partial charge in [0.15, 0.2) is 0 Å². The van der Waals surface area contributed by atoms with Gasteiger partial charge in [0.25, 0.3) is 0 Å². The number of nitrogens with two attached hydrogens (primary N) is 1.